The molecule has 156 valence electrons. The van der Waals surface area contributed by atoms with Gasteiger partial charge in [-0.3, -0.25) is 9.59 Å². The molecule has 1 aliphatic rings. The Morgan fingerprint density at radius 3 is 2.93 bits per heavy atom. The van der Waals surface area contributed by atoms with Crippen molar-refractivity contribution >= 4 is 28.4 Å². The topological polar surface area (TPSA) is 74.4 Å². The van der Waals surface area contributed by atoms with Crippen LogP contribution in [0.4, 0.5) is 5.69 Å². The van der Waals surface area contributed by atoms with Crippen LogP contribution in [0, 0.1) is 5.92 Å². The van der Waals surface area contributed by atoms with Gasteiger partial charge in [-0.1, -0.05) is 24.3 Å². The van der Waals surface area contributed by atoms with Crippen LogP contribution in [0.3, 0.4) is 0 Å². The molecule has 1 aliphatic heterocycles. The summed E-state index contributed by atoms with van der Waals surface area (Å²) < 4.78 is 5.21. The largest absolute Gasteiger partial charge is 0.497 e. The average molecular weight is 405 g/mol. The molecule has 1 aromatic heterocycles. The van der Waals surface area contributed by atoms with E-state index < -0.39 is 0 Å². The van der Waals surface area contributed by atoms with E-state index in [1.165, 1.54) is 5.39 Å². The maximum Gasteiger partial charge on any atom is 0.229 e. The minimum absolute atomic E-state index is 0.0441. The van der Waals surface area contributed by atoms with Crippen LogP contribution in [0.25, 0.3) is 10.9 Å². The van der Waals surface area contributed by atoms with Crippen molar-refractivity contribution in [1.29, 1.82) is 0 Å². The third-order valence-electron chi connectivity index (χ3n) is 5.77. The number of anilines is 1. The van der Waals surface area contributed by atoms with Crippen molar-refractivity contribution in [2.45, 2.75) is 25.7 Å². The lowest BCUT2D eigenvalue weighted by Gasteiger charge is -2.32. The second-order valence-electron chi connectivity index (χ2n) is 7.76. The maximum absolute atomic E-state index is 12.8. The number of likely N-dealkylation sites (tertiary alicyclic amines) is 1. The van der Waals surface area contributed by atoms with Crippen molar-refractivity contribution in [3.63, 3.8) is 0 Å². The summed E-state index contributed by atoms with van der Waals surface area (Å²) in [5, 5.41) is 4.13. The van der Waals surface area contributed by atoms with E-state index in [1.807, 2.05) is 47.5 Å². The van der Waals surface area contributed by atoms with E-state index in [9.17, 15) is 9.59 Å². The van der Waals surface area contributed by atoms with E-state index in [-0.39, 0.29) is 17.7 Å². The molecule has 0 aliphatic carbocycles. The Morgan fingerprint density at radius 2 is 2.07 bits per heavy atom. The summed E-state index contributed by atoms with van der Waals surface area (Å²) in [6.45, 7) is 1.19. The molecule has 0 saturated carbocycles. The van der Waals surface area contributed by atoms with Gasteiger partial charge in [-0.25, -0.2) is 0 Å². The first-order valence-electron chi connectivity index (χ1n) is 10.4. The van der Waals surface area contributed by atoms with E-state index in [0.29, 0.717) is 30.8 Å². The van der Waals surface area contributed by atoms with Crippen molar-refractivity contribution in [2.75, 3.05) is 25.5 Å². The third kappa shape index (κ3) is 4.48. The van der Waals surface area contributed by atoms with Crippen LogP contribution in [0.2, 0.25) is 0 Å². The van der Waals surface area contributed by atoms with Crippen molar-refractivity contribution in [2.24, 2.45) is 5.92 Å². The van der Waals surface area contributed by atoms with Gasteiger partial charge in [-0.15, -0.1) is 0 Å². The summed E-state index contributed by atoms with van der Waals surface area (Å²) in [5.41, 5.74) is 2.96. The molecule has 1 atom stereocenters. The van der Waals surface area contributed by atoms with Crippen LogP contribution in [0.15, 0.2) is 54.7 Å². The standard InChI is InChI=1S/C24H27N3O3/c1-30-20-8-4-7-19(14-20)26-24(29)18-6-5-13-27(16-18)23(28)12-11-17-15-25-22-10-3-2-9-21(17)22/h2-4,7-10,14-15,18,25H,5-6,11-13,16H2,1H3,(H,26,29)/t18-/m0/s1. The number of carbonyl (C=O) groups excluding carboxylic acids is 2. The fourth-order valence-electron chi connectivity index (χ4n) is 4.10. The number of nitrogens with zero attached hydrogens (tertiary/aromatic N) is 1. The first-order valence-corrected chi connectivity index (χ1v) is 10.4. The lowest BCUT2D eigenvalue weighted by molar-refractivity contribution is -0.134. The van der Waals surface area contributed by atoms with Crippen molar-refractivity contribution in [3.05, 3.63) is 60.3 Å². The van der Waals surface area contributed by atoms with Crippen LogP contribution in [-0.2, 0) is 16.0 Å². The normalized spacial score (nSPS) is 16.4. The number of H-pyrrole nitrogens is 1. The highest BCUT2D eigenvalue weighted by molar-refractivity contribution is 5.93. The molecule has 2 heterocycles. The van der Waals surface area contributed by atoms with E-state index in [2.05, 4.69) is 16.4 Å². The smallest absolute Gasteiger partial charge is 0.229 e. The summed E-state index contributed by atoms with van der Waals surface area (Å²) in [4.78, 5) is 30.6. The first-order chi connectivity index (χ1) is 14.6. The molecule has 30 heavy (non-hydrogen) atoms. The van der Waals surface area contributed by atoms with Crippen LogP contribution >= 0.6 is 0 Å². The summed E-state index contributed by atoms with van der Waals surface area (Å²) >= 11 is 0. The maximum atomic E-state index is 12.8. The zero-order chi connectivity index (χ0) is 20.9. The number of amides is 2. The van der Waals surface area contributed by atoms with E-state index >= 15 is 0 Å². The molecule has 2 amide bonds. The van der Waals surface area contributed by atoms with Crippen LogP contribution in [0.5, 0.6) is 5.75 Å². The molecule has 2 aromatic carbocycles. The van der Waals surface area contributed by atoms with E-state index in [1.54, 1.807) is 13.2 Å². The Balaban J connectivity index is 1.33. The van der Waals surface area contributed by atoms with Gasteiger partial charge in [0.25, 0.3) is 0 Å². The minimum atomic E-state index is -0.193. The molecule has 0 spiro atoms. The second kappa shape index (κ2) is 9.03. The Kier molecular flexibility index (Phi) is 6.02. The molecule has 1 saturated heterocycles. The number of aryl methyl sites for hydroxylation is 1. The number of benzene rings is 2. The second-order valence-corrected chi connectivity index (χ2v) is 7.76. The number of hydrogen-bond donors (Lipinski definition) is 2. The summed E-state index contributed by atoms with van der Waals surface area (Å²) in [7, 11) is 1.60. The Morgan fingerprint density at radius 1 is 1.20 bits per heavy atom. The van der Waals surface area contributed by atoms with Gasteiger partial charge in [0.1, 0.15) is 5.75 Å². The fraction of sp³-hybridized carbons (Fsp3) is 0.333. The predicted octanol–water partition coefficient (Wildman–Crippen LogP) is 3.99. The SMILES string of the molecule is COc1cccc(NC(=O)[C@H]2CCCN(C(=O)CCc3c[nH]c4ccccc34)C2)c1. The Hall–Kier alpha value is -3.28. The van der Waals surface area contributed by atoms with E-state index in [0.717, 1.165) is 30.5 Å². The van der Waals surface area contributed by atoms with Gasteiger partial charge < -0.3 is 19.9 Å². The molecule has 2 N–H and O–H groups in total. The molecule has 6 heteroatoms. The monoisotopic (exact) mass is 405 g/mol. The molecule has 1 fully saturated rings. The number of ether oxygens (including phenoxy) is 1. The number of piperidine rings is 1. The Labute approximate surface area is 176 Å². The molecule has 6 nitrogen and oxygen atoms in total. The zero-order valence-corrected chi connectivity index (χ0v) is 17.2. The van der Waals surface area contributed by atoms with Crippen molar-refractivity contribution in [1.82, 2.24) is 9.88 Å². The number of hydrogen-bond acceptors (Lipinski definition) is 3. The average Bonchev–Trinajstić information content (AvgIpc) is 3.21. The van der Waals surface area contributed by atoms with Gasteiger partial charge >= 0.3 is 0 Å². The number of nitrogens with one attached hydrogen (secondary N) is 2. The van der Waals surface area contributed by atoms with E-state index in [4.69, 9.17) is 4.74 Å². The highest BCUT2D eigenvalue weighted by atomic mass is 16.5. The molecular formula is C24H27N3O3. The number of para-hydroxylation sites is 1. The Bertz CT molecular complexity index is 1040. The number of methoxy groups -OCH3 is 1. The van der Waals surface area contributed by atoms with Gasteiger partial charge in [0.05, 0.1) is 13.0 Å². The summed E-state index contributed by atoms with van der Waals surface area (Å²) in [6, 6.07) is 15.4. The van der Waals surface area contributed by atoms with Crippen LogP contribution in [-0.4, -0.2) is 41.9 Å². The third-order valence-corrected chi connectivity index (χ3v) is 5.77. The fourth-order valence-corrected chi connectivity index (χ4v) is 4.10. The molecule has 0 bridgehead atoms. The molecule has 3 aromatic rings. The summed E-state index contributed by atoms with van der Waals surface area (Å²) in [5.74, 6) is 0.573. The highest BCUT2D eigenvalue weighted by Gasteiger charge is 2.28. The quantitative estimate of drug-likeness (QED) is 0.651. The number of rotatable bonds is 6. The molecule has 4 rings (SSSR count). The van der Waals surface area contributed by atoms with Gasteiger partial charge in [0.15, 0.2) is 0 Å². The first kappa shape index (κ1) is 20.0. The minimum Gasteiger partial charge on any atom is -0.497 e. The molecular weight excluding hydrogens is 378 g/mol. The molecule has 0 unspecified atom stereocenters. The number of carbonyl (C=O) groups is 2. The summed E-state index contributed by atoms with van der Waals surface area (Å²) in [6.07, 6.45) is 4.77. The van der Waals surface area contributed by atoms with Crippen LogP contribution < -0.4 is 10.1 Å². The number of aromatic amines is 1. The lowest BCUT2D eigenvalue weighted by atomic mass is 9.96. The van der Waals surface area contributed by atoms with Gasteiger partial charge in [0.2, 0.25) is 11.8 Å². The highest BCUT2D eigenvalue weighted by Crippen LogP contribution is 2.23. The lowest BCUT2D eigenvalue weighted by Crippen LogP contribution is -2.43. The number of fused-ring (bicyclic) bond motifs is 1. The predicted molar refractivity (Wildman–Crippen MR) is 118 cm³/mol. The van der Waals surface area contributed by atoms with Gasteiger partial charge in [0, 0.05) is 48.4 Å². The molecule has 0 radical (unpaired) electrons. The van der Waals surface area contributed by atoms with Crippen molar-refractivity contribution in [3.8, 4) is 5.75 Å². The van der Waals surface area contributed by atoms with Crippen molar-refractivity contribution < 1.29 is 14.3 Å². The number of aromatic nitrogens is 1. The van der Waals surface area contributed by atoms with Crippen LogP contribution in [0.1, 0.15) is 24.8 Å². The van der Waals surface area contributed by atoms with Gasteiger partial charge in [-0.2, -0.15) is 0 Å². The zero-order valence-electron chi connectivity index (χ0n) is 17.2. The van der Waals surface area contributed by atoms with Gasteiger partial charge in [-0.05, 0) is 43.0 Å².